The van der Waals surface area contributed by atoms with Gasteiger partial charge in [0.15, 0.2) is 0 Å². The number of hydrogen-bond acceptors (Lipinski definition) is 6. The van der Waals surface area contributed by atoms with Crippen molar-refractivity contribution in [3.05, 3.63) is 99.4 Å². The maximum Gasteiger partial charge on any atom is 0.337 e. The van der Waals surface area contributed by atoms with Gasteiger partial charge in [-0.1, -0.05) is 60.1 Å². The van der Waals surface area contributed by atoms with E-state index in [1.807, 2.05) is 42.5 Å². The second-order valence-corrected chi connectivity index (χ2v) is 8.08. The molecule has 1 aliphatic rings. The Bertz CT molecular complexity index is 1180. The van der Waals surface area contributed by atoms with Crippen LogP contribution in [-0.2, 0) is 19.1 Å². The molecule has 1 aliphatic heterocycles. The number of nitrogens with zero attached hydrogens (tertiary/aromatic N) is 1. The number of nitrogens with one attached hydrogen (secondary N) is 1. The summed E-state index contributed by atoms with van der Waals surface area (Å²) in [4.78, 5) is 26.2. The molecular formula is C27H25ClN2O4. The molecule has 0 bridgehead atoms. The van der Waals surface area contributed by atoms with Crippen molar-refractivity contribution in [2.75, 3.05) is 13.2 Å². The van der Waals surface area contributed by atoms with E-state index >= 15 is 0 Å². The van der Waals surface area contributed by atoms with Crippen molar-refractivity contribution in [1.29, 1.82) is 5.26 Å². The van der Waals surface area contributed by atoms with E-state index in [1.54, 1.807) is 44.2 Å². The molecule has 0 radical (unpaired) electrons. The van der Waals surface area contributed by atoms with Gasteiger partial charge >= 0.3 is 11.9 Å². The van der Waals surface area contributed by atoms with E-state index in [2.05, 4.69) is 5.32 Å². The predicted octanol–water partition coefficient (Wildman–Crippen LogP) is 5.29. The standard InChI is InChI=1S/C27H25ClN2O4/c1-18-23(26(31)33-16-6-10-20-8-4-3-5-9-20)25(21-11-13-22(28)14-12-21)24(19(2)30-18)27(32)34-17-7-15-29/h3-6,8-14,25,30H,7,16-17H2,1-2H3/b10-6+. The van der Waals surface area contributed by atoms with Crippen LogP contribution in [0.2, 0.25) is 5.02 Å². The Labute approximate surface area is 204 Å². The summed E-state index contributed by atoms with van der Waals surface area (Å²) < 4.78 is 10.9. The lowest BCUT2D eigenvalue weighted by molar-refractivity contribution is -0.139. The Morgan fingerprint density at radius 3 is 2.24 bits per heavy atom. The van der Waals surface area contributed by atoms with E-state index in [9.17, 15) is 9.59 Å². The number of ether oxygens (including phenoxy) is 2. The molecule has 0 fully saturated rings. The predicted molar refractivity (Wildman–Crippen MR) is 130 cm³/mol. The van der Waals surface area contributed by atoms with Gasteiger partial charge in [0.2, 0.25) is 0 Å². The zero-order valence-corrected chi connectivity index (χ0v) is 19.8. The van der Waals surface area contributed by atoms with Gasteiger partial charge in [-0.3, -0.25) is 0 Å². The van der Waals surface area contributed by atoms with E-state index in [4.69, 9.17) is 26.3 Å². The van der Waals surface area contributed by atoms with Gasteiger partial charge in [-0.2, -0.15) is 5.26 Å². The van der Waals surface area contributed by atoms with Crippen LogP contribution >= 0.6 is 11.6 Å². The van der Waals surface area contributed by atoms with Crippen LogP contribution in [0.1, 0.15) is 37.3 Å². The lowest BCUT2D eigenvalue weighted by Crippen LogP contribution is -2.32. The van der Waals surface area contributed by atoms with Crippen LogP contribution < -0.4 is 5.32 Å². The van der Waals surface area contributed by atoms with Crippen molar-refractivity contribution in [3.63, 3.8) is 0 Å². The number of rotatable bonds is 8. The minimum absolute atomic E-state index is 0.0355. The molecule has 0 aromatic heterocycles. The van der Waals surface area contributed by atoms with Gasteiger partial charge in [-0.25, -0.2) is 9.59 Å². The van der Waals surface area contributed by atoms with Crippen LogP contribution in [0, 0.1) is 11.3 Å². The van der Waals surface area contributed by atoms with Gasteiger partial charge in [0.05, 0.1) is 29.6 Å². The average molecular weight is 477 g/mol. The molecule has 3 rings (SSSR count). The molecule has 2 aromatic carbocycles. The van der Waals surface area contributed by atoms with Crippen molar-refractivity contribution in [2.45, 2.75) is 26.2 Å². The Morgan fingerprint density at radius 1 is 1.00 bits per heavy atom. The first-order valence-corrected chi connectivity index (χ1v) is 11.2. The van der Waals surface area contributed by atoms with E-state index in [0.29, 0.717) is 27.6 Å². The zero-order valence-electron chi connectivity index (χ0n) is 19.0. The van der Waals surface area contributed by atoms with E-state index < -0.39 is 17.9 Å². The van der Waals surface area contributed by atoms with Crippen molar-refractivity contribution >= 4 is 29.6 Å². The Kier molecular flexibility index (Phi) is 8.66. The highest BCUT2D eigenvalue weighted by molar-refractivity contribution is 6.30. The first kappa shape index (κ1) is 24.8. The number of carbonyl (C=O) groups is 2. The molecule has 6 nitrogen and oxygen atoms in total. The maximum atomic E-state index is 13.2. The Morgan fingerprint density at radius 2 is 1.62 bits per heavy atom. The molecule has 1 atom stereocenters. The Balaban J connectivity index is 1.88. The van der Waals surface area contributed by atoms with Crippen molar-refractivity contribution in [2.24, 2.45) is 0 Å². The second-order valence-electron chi connectivity index (χ2n) is 7.64. The molecule has 0 saturated carbocycles. The highest BCUT2D eigenvalue weighted by Gasteiger charge is 2.37. The summed E-state index contributed by atoms with van der Waals surface area (Å²) in [5, 5.41) is 12.4. The van der Waals surface area contributed by atoms with Crippen LogP contribution in [0.4, 0.5) is 0 Å². The third kappa shape index (κ3) is 6.15. The third-order valence-corrected chi connectivity index (χ3v) is 5.52. The van der Waals surface area contributed by atoms with Crippen molar-refractivity contribution in [1.82, 2.24) is 5.32 Å². The normalized spacial score (nSPS) is 15.6. The molecule has 2 aromatic rings. The number of carbonyl (C=O) groups excluding carboxylic acids is 2. The summed E-state index contributed by atoms with van der Waals surface area (Å²) in [5.74, 6) is -1.85. The number of benzene rings is 2. The maximum absolute atomic E-state index is 13.2. The monoisotopic (exact) mass is 476 g/mol. The lowest BCUT2D eigenvalue weighted by atomic mass is 9.80. The molecule has 0 saturated heterocycles. The fourth-order valence-electron chi connectivity index (χ4n) is 3.74. The first-order chi connectivity index (χ1) is 16.4. The summed E-state index contributed by atoms with van der Waals surface area (Å²) in [6, 6.07) is 18.6. The molecule has 7 heteroatoms. The van der Waals surface area contributed by atoms with E-state index in [1.165, 1.54) is 0 Å². The van der Waals surface area contributed by atoms with Crippen molar-refractivity contribution < 1.29 is 19.1 Å². The molecule has 0 amide bonds. The number of esters is 2. The van der Waals surface area contributed by atoms with Gasteiger partial charge in [0, 0.05) is 16.4 Å². The molecule has 34 heavy (non-hydrogen) atoms. The first-order valence-electron chi connectivity index (χ1n) is 10.8. The summed E-state index contributed by atoms with van der Waals surface area (Å²) in [6.45, 7) is 3.55. The fraction of sp³-hybridized carbons (Fsp3) is 0.222. The summed E-state index contributed by atoms with van der Waals surface area (Å²) >= 11 is 6.07. The molecule has 1 N–H and O–H groups in total. The van der Waals surface area contributed by atoms with Crippen LogP contribution in [0.15, 0.2) is 83.2 Å². The van der Waals surface area contributed by atoms with Gasteiger partial charge < -0.3 is 14.8 Å². The number of nitriles is 1. The van der Waals surface area contributed by atoms with Crippen LogP contribution in [0.5, 0.6) is 0 Å². The number of halogens is 1. The SMILES string of the molecule is CC1=C(C(=O)OC/C=C/c2ccccc2)C(c2ccc(Cl)cc2)C(C(=O)OCCC#N)=C(C)N1. The number of allylic oxidation sites excluding steroid dienone is 2. The molecule has 174 valence electrons. The third-order valence-electron chi connectivity index (χ3n) is 5.27. The van der Waals surface area contributed by atoms with Crippen molar-refractivity contribution in [3.8, 4) is 6.07 Å². The highest BCUT2D eigenvalue weighted by atomic mass is 35.5. The average Bonchev–Trinajstić information content (AvgIpc) is 2.82. The number of dihydropyridines is 1. The summed E-state index contributed by atoms with van der Waals surface area (Å²) in [6.07, 6.45) is 3.70. The largest absolute Gasteiger partial charge is 0.461 e. The quantitative estimate of drug-likeness (QED) is 0.411. The zero-order chi connectivity index (χ0) is 24.5. The smallest absolute Gasteiger partial charge is 0.337 e. The summed E-state index contributed by atoms with van der Waals surface area (Å²) in [7, 11) is 0. The van der Waals surface area contributed by atoms with Crippen LogP contribution in [-0.4, -0.2) is 25.2 Å². The fourth-order valence-corrected chi connectivity index (χ4v) is 3.87. The van der Waals surface area contributed by atoms with Crippen LogP contribution in [0.25, 0.3) is 6.08 Å². The molecule has 0 aliphatic carbocycles. The minimum Gasteiger partial charge on any atom is -0.461 e. The van der Waals surface area contributed by atoms with Gasteiger partial charge in [-0.05, 0) is 43.2 Å². The topological polar surface area (TPSA) is 88.4 Å². The highest BCUT2D eigenvalue weighted by Crippen LogP contribution is 2.39. The second kappa shape index (κ2) is 11.9. The lowest BCUT2D eigenvalue weighted by Gasteiger charge is -2.30. The van der Waals surface area contributed by atoms with E-state index in [-0.39, 0.29) is 25.2 Å². The van der Waals surface area contributed by atoms with Gasteiger partial charge in [0.1, 0.15) is 13.2 Å². The van der Waals surface area contributed by atoms with Gasteiger partial charge in [-0.15, -0.1) is 0 Å². The minimum atomic E-state index is -0.710. The van der Waals surface area contributed by atoms with E-state index in [0.717, 1.165) is 5.56 Å². The molecule has 0 spiro atoms. The van der Waals surface area contributed by atoms with Gasteiger partial charge in [0.25, 0.3) is 0 Å². The Hall–Kier alpha value is -3.82. The van der Waals surface area contributed by atoms with Crippen LogP contribution in [0.3, 0.4) is 0 Å². The molecular weight excluding hydrogens is 452 g/mol. The summed E-state index contributed by atoms with van der Waals surface area (Å²) in [5.41, 5.74) is 3.45. The molecule has 1 unspecified atom stereocenters. The molecule has 1 heterocycles. The number of hydrogen-bond donors (Lipinski definition) is 1.